The number of carbonyl (C=O) groups excluding carboxylic acids is 1. The predicted octanol–water partition coefficient (Wildman–Crippen LogP) is 1.59. The van der Waals surface area contributed by atoms with Crippen LogP contribution in [-0.4, -0.2) is 29.8 Å². The van der Waals surface area contributed by atoms with E-state index >= 15 is 0 Å². The van der Waals surface area contributed by atoms with Gasteiger partial charge >= 0.3 is 6.09 Å². The van der Waals surface area contributed by atoms with Gasteiger partial charge in [0.1, 0.15) is 17.9 Å². The lowest BCUT2D eigenvalue weighted by atomic mass is 10.0. The number of aromatic nitrogens is 2. The topological polar surface area (TPSA) is 73.3 Å². The Hall–Kier alpha value is -2.37. The third-order valence-corrected chi connectivity index (χ3v) is 3.15. The molecular formula is C13H13N3O3. The summed E-state index contributed by atoms with van der Waals surface area (Å²) in [6.45, 7) is 2.07. The van der Waals surface area contributed by atoms with Crippen LogP contribution in [0.5, 0.6) is 5.75 Å². The summed E-state index contributed by atoms with van der Waals surface area (Å²) < 4.78 is 10.1. The molecule has 1 aromatic carbocycles. The van der Waals surface area contributed by atoms with Crippen LogP contribution in [0.4, 0.5) is 4.79 Å². The van der Waals surface area contributed by atoms with Crippen molar-refractivity contribution < 1.29 is 14.3 Å². The van der Waals surface area contributed by atoms with Crippen molar-refractivity contribution in [2.24, 2.45) is 0 Å². The molecule has 3 rings (SSSR count). The highest BCUT2D eigenvalue weighted by atomic mass is 16.6. The minimum Gasteiger partial charge on any atom is -0.497 e. The van der Waals surface area contributed by atoms with E-state index in [1.807, 2.05) is 25.1 Å². The zero-order chi connectivity index (χ0) is 13.5. The van der Waals surface area contributed by atoms with E-state index < -0.39 is 11.6 Å². The van der Waals surface area contributed by atoms with Gasteiger partial charge in [-0.2, -0.15) is 0 Å². The third-order valence-electron chi connectivity index (χ3n) is 3.15. The predicted molar refractivity (Wildman–Crippen MR) is 67.9 cm³/mol. The average molecular weight is 259 g/mol. The van der Waals surface area contributed by atoms with Gasteiger partial charge in [-0.15, -0.1) is 0 Å². The number of cyclic esters (lactones) is 1. The molecule has 0 spiro atoms. The van der Waals surface area contributed by atoms with Crippen molar-refractivity contribution in [3.8, 4) is 5.75 Å². The summed E-state index contributed by atoms with van der Waals surface area (Å²) in [6.07, 6.45) is 1.27. The summed E-state index contributed by atoms with van der Waals surface area (Å²) in [5, 5.41) is 3.61. The van der Waals surface area contributed by atoms with E-state index in [9.17, 15) is 4.79 Å². The van der Waals surface area contributed by atoms with Crippen molar-refractivity contribution in [1.82, 2.24) is 15.3 Å². The highest BCUT2D eigenvalue weighted by Gasteiger charge is 2.39. The minimum absolute atomic E-state index is 0.230. The Morgan fingerprint density at radius 2 is 2.32 bits per heavy atom. The molecule has 6 heteroatoms. The van der Waals surface area contributed by atoms with Gasteiger partial charge in [-0.25, -0.2) is 14.8 Å². The second kappa shape index (κ2) is 4.08. The number of nitrogens with one attached hydrogen (secondary N) is 1. The Morgan fingerprint density at radius 1 is 1.47 bits per heavy atom. The Morgan fingerprint density at radius 3 is 3.00 bits per heavy atom. The second-order valence-corrected chi connectivity index (χ2v) is 4.65. The first-order valence-corrected chi connectivity index (χ1v) is 5.87. The van der Waals surface area contributed by atoms with Crippen LogP contribution in [-0.2, 0) is 10.3 Å². The molecule has 1 aromatic heterocycles. The number of ether oxygens (including phenoxy) is 2. The molecule has 0 aliphatic carbocycles. The van der Waals surface area contributed by atoms with Crippen LogP contribution < -0.4 is 10.1 Å². The van der Waals surface area contributed by atoms with Crippen molar-refractivity contribution in [2.45, 2.75) is 12.5 Å². The fourth-order valence-electron chi connectivity index (χ4n) is 2.03. The van der Waals surface area contributed by atoms with Crippen LogP contribution in [0.2, 0.25) is 0 Å². The van der Waals surface area contributed by atoms with E-state index in [1.165, 1.54) is 0 Å². The van der Waals surface area contributed by atoms with E-state index in [1.54, 1.807) is 13.3 Å². The molecule has 0 radical (unpaired) electrons. The van der Waals surface area contributed by atoms with Gasteiger partial charge in [0.25, 0.3) is 0 Å². The van der Waals surface area contributed by atoms with E-state index in [0.717, 1.165) is 16.7 Å². The molecule has 1 atom stereocenters. The van der Waals surface area contributed by atoms with Crippen molar-refractivity contribution in [1.29, 1.82) is 0 Å². The fourth-order valence-corrected chi connectivity index (χ4v) is 2.03. The standard InChI is InChI=1S/C13H13N3O3/c1-13(7-19-12(17)16-13)11-14-6-8-5-9(18-2)3-4-10(8)15-11/h3-6H,7H2,1-2H3,(H,16,17)/t13-/m0/s1. The first-order valence-electron chi connectivity index (χ1n) is 5.87. The highest BCUT2D eigenvalue weighted by molar-refractivity contribution is 5.79. The van der Waals surface area contributed by atoms with Crippen molar-refractivity contribution in [2.75, 3.05) is 13.7 Å². The zero-order valence-electron chi connectivity index (χ0n) is 10.6. The SMILES string of the molecule is COc1ccc2nc([C@]3(C)COC(=O)N3)ncc2c1. The maximum absolute atomic E-state index is 11.2. The van der Waals surface area contributed by atoms with Crippen LogP contribution in [0, 0.1) is 0 Å². The number of benzene rings is 1. The number of hydrogen-bond donors (Lipinski definition) is 1. The normalized spacial score (nSPS) is 22.1. The number of amides is 1. The molecule has 0 bridgehead atoms. The van der Waals surface area contributed by atoms with Crippen molar-refractivity contribution in [3.05, 3.63) is 30.2 Å². The average Bonchev–Trinajstić information content (AvgIpc) is 2.78. The number of rotatable bonds is 2. The van der Waals surface area contributed by atoms with Gasteiger partial charge in [0.05, 0.1) is 12.6 Å². The minimum atomic E-state index is -0.675. The molecule has 1 aliphatic rings. The molecule has 1 aliphatic heterocycles. The van der Waals surface area contributed by atoms with E-state index in [0.29, 0.717) is 5.82 Å². The summed E-state index contributed by atoms with van der Waals surface area (Å²) in [4.78, 5) is 20.0. The number of hydrogen-bond acceptors (Lipinski definition) is 5. The lowest BCUT2D eigenvalue weighted by Gasteiger charge is -2.19. The van der Waals surface area contributed by atoms with Crippen LogP contribution in [0.15, 0.2) is 24.4 Å². The largest absolute Gasteiger partial charge is 0.497 e. The summed E-state index contributed by atoms with van der Waals surface area (Å²) in [6, 6.07) is 5.57. The van der Waals surface area contributed by atoms with Crippen LogP contribution >= 0.6 is 0 Å². The Bertz CT molecular complexity index is 659. The van der Waals surface area contributed by atoms with Crippen molar-refractivity contribution >= 4 is 17.0 Å². The summed E-state index contributed by atoms with van der Waals surface area (Å²) in [7, 11) is 1.61. The molecular weight excluding hydrogens is 246 g/mol. The third kappa shape index (κ3) is 1.95. The monoisotopic (exact) mass is 259 g/mol. The highest BCUT2D eigenvalue weighted by Crippen LogP contribution is 2.25. The molecule has 98 valence electrons. The Balaban J connectivity index is 2.05. The van der Waals surface area contributed by atoms with Crippen LogP contribution in [0.1, 0.15) is 12.7 Å². The lowest BCUT2D eigenvalue weighted by molar-refractivity contribution is 0.172. The van der Waals surface area contributed by atoms with E-state index in [2.05, 4.69) is 15.3 Å². The molecule has 6 nitrogen and oxygen atoms in total. The summed E-state index contributed by atoms with van der Waals surface area (Å²) >= 11 is 0. The Labute approximate surface area is 109 Å². The molecule has 19 heavy (non-hydrogen) atoms. The van der Waals surface area contributed by atoms with Crippen LogP contribution in [0.25, 0.3) is 10.9 Å². The first-order chi connectivity index (χ1) is 9.10. The van der Waals surface area contributed by atoms with Gasteiger partial charge in [0.2, 0.25) is 0 Å². The Kier molecular flexibility index (Phi) is 2.51. The van der Waals surface area contributed by atoms with Gasteiger partial charge < -0.3 is 14.8 Å². The molecule has 0 unspecified atom stereocenters. The molecule has 1 amide bonds. The maximum atomic E-state index is 11.2. The molecule has 0 saturated carbocycles. The lowest BCUT2D eigenvalue weighted by Crippen LogP contribution is -2.39. The molecule has 1 fully saturated rings. The number of alkyl carbamates (subject to hydrolysis) is 1. The molecule has 2 heterocycles. The fraction of sp³-hybridized carbons (Fsp3) is 0.308. The summed E-state index contributed by atoms with van der Waals surface area (Å²) in [5.41, 5.74) is 0.124. The number of methoxy groups -OCH3 is 1. The van der Waals surface area contributed by atoms with Crippen LogP contribution in [0.3, 0.4) is 0 Å². The smallest absolute Gasteiger partial charge is 0.408 e. The van der Waals surface area contributed by atoms with Gasteiger partial charge in [0.15, 0.2) is 5.82 Å². The first kappa shape index (κ1) is 11.7. The second-order valence-electron chi connectivity index (χ2n) is 4.65. The summed E-state index contributed by atoms with van der Waals surface area (Å²) in [5.74, 6) is 1.29. The number of fused-ring (bicyclic) bond motifs is 1. The molecule has 1 N–H and O–H groups in total. The number of nitrogens with zero attached hydrogens (tertiary/aromatic N) is 2. The van der Waals surface area contributed by atoms with E-state index in [4.69, 9.17) is 9.47 Å². The van der Waals surface area contributed by atoms with Gasteiger partial charge in [-0.3, -0.25) is 0 Å². The maximum Gasteiger partial charge on any atom is 0.408 e. The molecule has 2 aromatic rings. The zero-order valence-corrected chi connectivity index (χ0v) is 10.6. The quantitative estimate of drug-likeness (QED) is 0.886. The van der Waals surface area contributed by atoms with Gasteiger partial charge in [-0.05, 0) is 25.1 Å². The van der Waals surface area contributed by atoms with Gasteiger partial charge in [-0.1, -0.05) is 0 Å². The van der Waals surface area contributed by atoms with E-state index in [-0.39, 0.29) is 6.61 Å². The molecule has 1 saturated heterocycles. The van der Waals surface area contributed by atoms with Crippen molar-refractivity contribution in [3.63, 3.8) is 0 Å². The van der Waals surface area contributed by atoms with Gasteiger partial charge in [0, 0.05) is 11.6 Å². The number of carbonyl (C=O) groups is 1.